The third-order valence-electron chi connectivity index (χ3n) is 1.65. The quantitative estimate of drug-likeness (QED) is 0.498. The van der Waals surface area contributed by atoms with Crippen molar-refractivity contribution in [3.8, 4) is 0 Å². The molecule has 1 aliphatic carbocycles. The van der Waals surface area contributed by atoms with Crippen molar-refractivity contribution in [3.63, 3.8) is 0 Å². The third-order valence-corrected chi connectivity index (χ3v) is 2.05. The zero-order valence-electron chi connectivity index (χ0n) is 4.94. The van der Waals surface area contributed by atoms with E-state index in [1.807, 2.05) is 0 Å². The molecule has 1 fully saturated rings. The molecule has 0 radical (unpaired) electrons. The van der Waals surface area contributed by atoms with E-state index in [4.69, 9.17) is 17.3 Å². The van der Waals surface area contributed by atoms with E-state index in [1.54, 1.807) is 0 Å². The molecule has 2 N–H and O–H groups in total. The zero-order valence-corrected chi connectivity index (χ0v) is 5.69. The van der Waals surface area contributed by atoms with Crippen LogP contribution in [0.5, 0.6) is 0 Å². The van der Waals surface area contributed by atoms with Crippen LogP contribution in [0.3, 0.4) is 0 Å². The number of nitrogens with two attached hydrogens (primary N) is 1. The Morgan fingerprint density at radius 3 is 2.50 bits per heavy atom. The van der Waals surface area contributed by atoms with Crippen molar-refractivity contribution >= 4 is 11.6 Å². The second-order valence-electron chi connectivity index (χ2n) is 2.52. The summed E-state index contributed by atoms with van der Waals surface area (Å²) in [5.74, 6) is 0. The predicted molar refractivity (Wildman–Crippen MR) is 36.1 cm³/mol. The zero-order chi connectivity index (χ0) is 5.98. The Morgan fingerprint density at radius 2 is 2.12 bits per heavy atom. The topological polar surface area (TPSA) is 26.0 Å². The molecule has 48 valence electrons. The van der Waals surface area contributed by atoms with E-state index in [0.717, 1.165) is 12.8 Å². The first-order valence-electron chi connectivity index (χ1n) is 3.18. The summed E-state index contributed by atoms with van der Waals surface area (Å²) >= 11 is 5.83. The van der Waals surface area contributed by atoms with Crippen LogP contribution in [-0.2, 0) is 0 Å². The normalized spacial score (nSPS) is 39.8. The molecule has 0 aromatic rings. The Kier molecular flexibility index (Phi) is 2.15. The highest BCUT2D eigenvalue weighted by molar-refractivity contribution is 6.20. The van der Waals surface area contributed by atoms with Gasteiger partial charge in [-0.1, -0.05) is 6.42 Å². The van der Waals surface area contributed by atoms with E-state index >= 15 is 0 Å². The van der Waals surface area contributed by atoms with Gasteiger partial charge in [0.25, 0.3) is 0 Å². The minimum Gasteiger partial charge on any atom is -0.328 e. The number of rotatable bonds is 0. The molecule has 0 unspecified atom stereocenters. The Morgan fingerprint density at radius 1 is 1.38 bits per heavy atom. The molecule has 0 aromatic carbocycles. The van der Waals surface area contributed by atoms with Gasteiger partial charge in [-0.3, -0.25) is 0 Å². The summed E-state index contributed by atoms with van der Waals surface area (Å²) < 4.78 is 0. The molecule has 8 heavy (non-hydrogen) atoms. The lowest BCUT2D eigenvalue weighted by Gasteiger charge is -2.21. The van der Waals surface area contributed by atoms with Gasteiger partial charge in [0.05, 0.1) is 0 Å². The van der Waals surface area contributed by atoms with Crippen LogP contribution in [0.1, 0.15) is 25.7 Å². The molecule has 2 heteroatoms. The van der Waals surface area contributed by atoms with Crippen LogP contribution in [0.25, 0.3) is 0 Å². The molecule has 0 spiro atoms. The lowest BCUT2D eigenvalue weighted by atomic mass is 9.96. The molecule has 0 aliphatic heterocycles. The smallest absolute Gasteiger partial charge is 0.0350 e. The maximum atomic E-state index is 5.83. The minimum absolute atomic E-state index is 0.360. The Labute approximate surface area is 55.2 Å². The molecule has 0 bridgehead atoms. The van der Waals surface area contributed by atoms with Crippen LogP contribution in [-0.4, -0.2) is 11.4 Å². The molecular formula is C6H12ClN. The van der Waals surface area contributed by atoms with Crippen molar-refractivity contribution in [2.75, 3.05) is 0 Å². The molecule has 0 saturated heterocycles. The Hall–Kier alpha value is 0.250. The van der Waals surface area contributed by atoms with E-state index in [-0.39, 0.29) is 0 Å². The van der Waals surface area contributed by atoms with Gasteiger partial charge in [0.1, 0.15) is 0 Å². The Bertz CT molecular complexity index is 66.9. The summed E-state index contributed by atoms with van der Waals surface area (Å²) in [4.78, 5) is 0. The van der Waals surface area contributed by atoms with E-state index in [0.29, 0.717) is 11.4 Å². The van der Waals surface area contributed by atoms with Gasteiger partial charge in [-0.2, -0.15) is 0 Å². The van der Waals surface area contributed by atoms with E-state index in [1.165, 1.54) is 12.8 Å². The molecular weight excluding hydrogens is 122 g/mol. The molecule has 0 amide bonds. The largest absolute Gasteiger partial charge is 0.328 e. The van der Waals surface area contributed by atoms with Crippen molar-refractivity contribution in [1.82, 2.24) is 0 Å². The number of alkyl halides is 1. The maximum absolute atomic E-state index is 5.83. The highest BCUT2D eigenvalue weighted by Gasteiger charge is 2.15. The number of hydrogen-bond acceptors (Lipinski definition) is 1. The van der Waals surface area contributed by atoms with Crippen LogP contribution >= 0.6 is 11.6 Å². The van der Waals surface area contributed by atoms with Crippen molar-refractivity contribution in [1.29, 1.82) is 0 Å². The summed E-state index contributed by atoms with van der Waals surface area (Å²) in [6.07, 6.45) is 4.56. The van der Waals surface area contributed by atoms with Gasteiger partial charge in [0, 0.05) is 11.4 Å². The van der Waals surface area contributed by atoms with Crippen LogP contribution < -0.4 is 5.73 Å². The predicted octanol–water partition coefficient (Wildman–Crippen LogP) is 1.50. The number of hydrogen-bond donors (Lipinski definition) is 1. The summed E-state index contributed by atoms with van der Waals surface area (Å²) in [7, 11) is 0. The first-order valence-corrected chi connectivity index (χ1v) is 3.62. The first kappa shape index (κ1) is 6.37. The van der Waals surface area contributed by atoms with Crippen LogP contribution in [0.2, 0.25) is 0 Å². The monoisotopic (exact) mass is 133 g/mol. The molecule has 1 saturated carbocycles. The average molecular weight is 134 g/mol. The third kappa shape index (κ3) is 1.64. The highest BCUT2D eigenvalue weighted by Crippen LogP contribution is 2.20. The van der Waals surface area contributed by atoms with Gasteiger partial charge in [0.15, 0.2) is 0 Å². The SMILES string of the molecule is N[C@H]1CCC[C@@H](Cl)C1. The lowest BCUT2D eigenvalue weighted by molar-refractivity contribution is 0.447. The van der Waals surface area contributed by atoms with E-state index in [9.17, 15) is 0 Å². The summed E-state index contributed by atoms with van der Waals surface area (Å²) in [5, 5.41) is 0.360. The van der Waals surface area contributed by atoms with Crippen molar-refractivity contribution in [2.24, 2.45) is 5.73 Å². The van der Waals surface area contributed by atoms with Crippen molar-refractivity contribution in [2.45, 2.75) is 37.1 Å². The Balaban J connectivity index is 2.23. The molecule has 1 aliphatic rings. The van der Waals surface area contributed by atoms with Crippen LogP contribution in [0, 0.1) is 0 Å². The van der Waals surface area contributed by atoms with Crippen LogP contribution in [0.15, 0.2) is 0 Å². The number of halogens is 1. The second kappa shape index (κ2) is 2.70. The first-order chi connectivity index (χ1) is 3.79. The lowest BCUT2D eigenvalue weighted by Crippen LogP contribution is -2.27. The second-order valence-corrected chi connectivity index (χ2v) is 3.14. The summed E-state index contributed by atoms with van der Waals surface area (Å²) in [6, 6.07) is 0.381. The van der Waals surface area contributed by atoms with E-state index in [2.05, 4.69) is 0 Å². The van der Waals surface area contributed by atoms with Crippen molar-refractivity contribution < 1.29 is 0 Å². The minimum atomic E-state index is 0.360. The van der Waals surface area contributed by atoms with Gasteiger partial charge in [-0.15, -0.1) is 11.6 Å². The molecule has 0 aromatic heterocycles. The summed E-state index contributed by atoms with van der Waals surface area (Å²) in [5.41, 5.74) is 5.64. The fourth-order valence-corrected chi connectivity index (χ4v) is 1.55. The maximum Gasteiger partial charge on any atom is 0.0350 e. The molecule has 0 heterocycles. The molecule has 2 atom stereocenters. The van der Waals surface area contributed by atoms with Gasteiger partial charge < -0.3 is 5.73 Å². The van der Waals surface area contributed by atoms with Crippen molar-refractivity contribution in [3.05, 3.63) is 0 Å². The fourth-order valence-electron chi connectivity index (χ4n) is 1.17. The van der Waals surface area contributed by atoms with Gasteiger partial charge in [-0.25, -0.2) is 0 Å². The highest BCUT2D eigenvalue weighted by atomic mass is 35.5. The van der Waals surface area contributed by atoms with E-state index < -0.39 is 0 Å². The van der Waals surface area contributed by atoms with Gasteiger partial charge in [-0.05, 0) is 19.3 Å². The van der Waals surface area contributed by atoms with Crippen LogP contribution in [0.4, 0.5) is 0 Å². The van der Waals surface area contributed by atoms with Gasteiger partial charge in [0.2, 0.25) is 0 Å². The van der Waals surface area contributed by atoms with Gasteiger partial charge >= 0.3 is 0 Å². The standard InChI is InChI=1S/C6H12ClN/c7-5-2-1-3-6(8)4-5/h5-6H,1-4,8H2/t5-,6+/m1/s1. The fraction of sp³-hybridized carbons (Fsp3) is 1.00. The molecule has 1 nitrogen and oxygen atoms in total. The molecule has 1 rings (SSSR count). The average Bonchev–Trinajstić information content (AvgIpc) is 1.64. The summed E-state index contributed by atoms with van der Waals surface area (Å²) in [6.45, 7) is 0.